The molecule has 156 valence electrons. The number of nitrogen functional groups attached to an aromatic ring is 1. The predicted molar refractivity (Wildman–Crippen MR) is 120 cm³/mol. The number of nitrogens with zero attached hydrogens (tertiary/aromatic N) is 3. The van der Waals surface area contributed by atoms with E-state index in [1.165, 1.54) is 0 Å². The van der Waals surface area contributed by atoms with Gasteiger partial charge in [0.25, 0.3) is 0 Å². The molecular weight excluding hydrogens is 392 g/mol. The molecule has 0 radical (unpaired) electrons. The lowest BCUT2D eigenvalue weighted by atomic mass is 10.1. The first kappa shape index (κ1) is 22.2. The molecule has 0 unspecified atom stereocenters. The van der Waals surface area contributed by atoms with Crippen LogP contribution in [0.25, 0.3) is 0 Å². The minimum atomic E-state index is -0.629. The number of benzene rings is 2. The summed E-state index contributed by atoms with van der Waals surface area (Å²) in [6.45, 7) is 6.69. The van der Waals surface area contributed by atoms with Gasteiger partial charge in [-0.15, -0.1) is 12.4 Å². The van der Waals surface area contributed by atoms with Gasteiger partial charge in [-0.1, -0.05) is 0 Å². The molecule has 3 rings (SSSR count). The lowest BCUT2D eigenvalue weighted by molar-refractivity contribution is 0.217. The van der Waals surface area contributed by atoms with Gasteiger partial charge in [-0.05, 0) is 68.8 Å². The molecule has 1 aliphatic heterocycles. The molecule has 0 bridgehead atoms. The fraction of sp³-hybridized carbons (Fsp3) is 0.300. The number of nitrogens with two attached hydrogens (primary N) is 3. The Morgan fingerprint density at radius 2 is 1.52 bits per heavy atom. The van der Waals surface area contributed by atoms with Crippen molar-refractivity contribution in [2.75, 3.05) is 23.8 Å². The fourth-order valence-electron chi connectivity index (χ4n) is 3.07. The van der Waals surface area contributed by atoms with Crippen LogP contribution in [0.3, 0.4) is 0 Å². The van der Waals surface area contributed by atoms with Crippen LogP contribution in [0.2, 0.25) is 0 Å². The topological polar surface area (TPSA) is 124 Å². The second kappa shape index (κ2) is 8.91. The molecule has 29 heavy (non-hydrogen) atoms. The zero-order valence-electron chi connectivity index (χ0n) is 16.8. The van der Waals surface area contributed by atoms with Crippen LogP contribution in [-0.4, -0.2) is 30.8 Å². The maximum atomic E-state index is 6.11. The summed E-state index contributed by atoms with van der Waals surface area (Å²) < 4.78 is 11.4. The number of aryl methyl sites for hydroxylation is 1. The zero-order chi connectivity index (χ0) is 20.3. The predicted octanol–water partition coefficient (Wildman–Crippen LogP) is 2.64. The van der Waals surface area contributed by atoms with Crippen molar-refractivity contribution in [3.8, 4) is 11.5 Å². The van der Waals surface area contributed by atoms with Gasteiger partial charge in [0, 0.05) is 11.4 Å². The highest BCUT2D eigenvalue weighted by atomic mass is 35.5. The van der Waals surface area contributed by atoms with E-state index in [0.717, 1.165) is 22.7 Å². The minimum absolute atomic E-state index is 0. The van der Waals surface area contributed by atoms with Gasteiger partial charge in [0.05, 0.1) is 0 Å². The monoisotopic (exact) mass is 418 g/mol. The van der Waals surface area contributed by atoms with Crippen LogP contribution in [-0.2, 0) is 0 Å². The molecule has 2 aromatic rings. The van der Waals surface area contributed by atoms with Gasteiger partial charge in [0.1, 0.15) is 30.4 Å². The number of rotatable bonds is 6. The zero-order valence-corrected chi connectivity index (χ0v) is 17.6. The van der Waals surface area contributed by atoms with E-state index in [0.29, 0.717) is 24.9 Å². The van der Waals surface area contributed by atoms with E-state index in [9.17, 15) is 0 Å². The van der Waals surface area contributed by atoms with Crippen LogP contribution in [0.1, 0.15) is 19.4 Å². The van der Waals surface area contributed by atoms with Crippen LogP contribution in [0.5, 0.6) is 11.5 Å². The van der Waals surface area contributed by atoms with Crippen molar-refractivity contribution in [3.05, 3.63) is 48.0 Å². The van der Waals surface area contributed by atoms with Crippen molar-refractivity contribution in [2.45, 2.75) is 26.4 Å². The highest BCUT2D eigenvalue weighted by Crippen LogP contribution is 2.32. The summed E-state index contributed by atoms with van der Waals surface area (Å²) in [4.78, 5) is 10.3. The Bertz CT molecular complexity index is 912. The van der Waals surface area contributed by atoms with Crippen LogP contribution in [0.4, 0.5) is 11.4 Å². The van der Waals surface area contributed by atoms with Crippen LogP contribution in [0, 0.1) is 6.92 Å². The van der Waals surface area contributed by atoms with Crippen molar-refractivity contribution in [3.63, 3.8) is 0 Å². The number of ether oxygens (including phenoxy) is 2. The third-order valence-electron chi connectivity index (χ3n) is 4.30. The third-order valence-corrected chi connectivity index (χ3v) is 4.30. The molecule has 2 aromatic carbocycles. The lowest BCUT2D eigenvalue weighted by Gasteiger charge is -2.39. The molecule has 1 aliphatic rings. The van der Waals surface area contributed by atoms with Crippen LogP contribution < -0.4 is 31.6 Å². The van der Waals surface area contributed by atoms with Gasteiger partial charge in [-0.2, -0.15) is 4.99 Å². The quantitative estimate of drug-likeness (QED) is 0.489. The second-order valence-electron chi connectivity index (χ2n) is 6.98. The van der Waals surface area contributed by atoms with Crippen molar-refractivity contribution >= 4 is 35.7 Å². The minimum Gasteiger partial charge on any atom is -0.490 e. The van der Waals surface area contributed by atoms with Gasteiger partial charge < -0.3 is 26.7 Å². The average molecular weight is 419 g/mol. The van der Waals surface area contributed by atoms with Crippen molar-refractivity contribution in [1.82, 2.24) is 0 Å². The SMILES string of the molecule is Cc1cc(OCCOc2ccc(N)cc2)ccc1N1C(N)=NC(N)=NC1(C)C.Cl. The Morgan fingerprint density at radius 1 is 0.931 bits per heavy atom. The summed E-state index contributed by atoms with van der Waals surface area (Å²) in [7, 11) is 0. The number of aliphatic imine (C=N–C) groups is 2. The Balaban J connectivity index is 0.00000300. The second-order valence-corrected chi connectivity index (χ2v) is 6.98. The fourth-order valence-corrected chi connectivity index (χ4v) is 3.07. The molecule has 0 atom stereocenters. The molecule has 0 saturated carbocycles. The van der Waals surface area contributed by atoms with Crippen molar-refractivity contribution in [1.29, 1.82) is 0 Å². The van der Waals surface area contributed by atoms with E-state index >= 15 is 0 Å². The number of guanidine groups is 2. The van der Waals surface area contributed by atoms with E-state index in [-0.39, 0.29) is 18.4 Å². The van der Waals surface area contributed by atoms with E-state index < -0.39 is 5.66 Å². The van der Waals surface area contributed by atoms with Gasteiger partial charge in [-0.25, -0.2) is 4.99 Å². The number of hydrogen-bond acceptors (Lipinski definition) is 8. The number of halogens is 1. The molecule has 0 spiro atoms. The molecule has 0 aromatic heterocycles. The summed E-state index contributed by atoms with van der Waals surface area (Å²) in [5, 5.41) is 0. The first-order chi connectivity index (χ1) is 13.3. The standard InChI is InChI=1S/C20H26N6O2.ClH/c1-13-12-16(28-11-10-27-15-6-4-14(21)5-7-15)8-9-17(13)26-19(23)24-18(22)25-20(26,2)3;/h4-9,12H,10-11,21H2,1-3H3,(H4,22,23,24,25);1H. The van der Waals surface area contributed by atoms with Gasteiger partial charge in [-0.3, -0.25) is 4.90 Å². The molecule has 6 N–H and O–H groups in total. The normalized spacial score (nSPS) is 15.1. The Kier molecular flexibility index (Phi) is 6.81. The first-order valence-corrected chi connectivity index (χ1v) is 8.98. The van der Waals surface area contributed by atoms with Gasteiger partial charge >= 0.3 is 0 Å². The molecule has 0 amide bonds. The third kappa shape index (κ3) is 5.23. The number of anilines is 2. The Hall–Kier alpha value is -3.13. The van der Waals surface area contributed by atoms with E-state index in [1.54, 1.807) is 12.1 Å². The molecule has 9 heteroatoms. The molecule has 8 nitrogen and oxygen atoms in total. The molecular formula is C20H27ClN6O2. The summed E-state index contributed by atoms with van der Waals surface area (Å²) in [6.07, 6.45) is 0. The maximum absolute atomic E-state index is 6.11. The summed E-state index contributed by atoms with van der Waals surface area (Å²) in [5.74, 6) is 1.99. The summed E-state index contributed by atoms with van der Waals surface area (Å²) in [5.41, 5.74) is 19.5. The van der Waals surface area contributed by atoms with Gasteiger partial charge in [0.15, 0.2) is 0 Å². The largest absolute Gasteiger partial charge is 0.490 e. The van der Waals surface area contributed by atoms with E-state index in [1.807, 2.05) is 56.0 Å². The smallest absolute Gasteiger partial charge is 0.220 e. The molecule has 1 heterocycles. The highest BCUT2D eigenvalue weighted by molar-refractivity contribution is 6.05. The Morgan fingerprint density at radius 3 is 2.10 bits per heavy atom. The Labute approximate surface area is 176 Å². The van der Waals surface area contributed by atoms with Crippen LogP contribution in [0.15, 0.2) is 52.4 Å². The summed E-state index contributed by atoms with van der Waals surface area (Å²) in [6, 6.07) is 13.0. The lowest BCUT2D eigenvalue weighted by Crippen LogP contribution is -2.54. The molecule has 0 fully saturated rings. The molecule has 0 saturated heterocycles. The van der Waals surface area contributed by atoms with Crippen molar-refractivity contribution in [2.24, 2.45) is 21.5 Å². The number of hydrogen-bond donors (Lipinski definition) is 3. The van der Waals surface area contributed by atoms with E-state index in [2.05, 4.69) is 9.98 Å². The molecule has 0 aliphatic carbocycles. The van der Waals surface area contributed by atoms with Crippen molar-refractivity contribution < 1.29 is 9.47 Å². The highest BCUT2D eigenvalue weighted by Gasteiger charge is 2.33. The summed E-state index contributed by atoms with van der Waals surface area (Å²) >= 11 is 0. The maximum Gasteiger partial charge on any atom is 0.220 e. The average Bonchev–Trinajstić information content (AvgIpc) is 2.60. The van der Waals surface area contributed by atoms with Crippen LogP contribution >= 0.6 is 12.4 Å². The van der Waals surface area contributed by atoms with E-state index in [4.69, 9.17) is 26.7 Å². The first-order valence-electron chi connectivity index (χ1n) is 8.98. The van der Waals surface area contributed by atoms with Gasteiger partial charge in [0.2, 0.25) is 11.9 Å².